The maximum absolute atomic E-state index is 5.56. The average molecular weight is 231 g/mol. The van der Waals surface area contributed by atoms with Crippen molar-refractivity contribution in [1.29, 1.82) is 0 Å². The normalized spacial score (nSPS) is 21.1. The molecule has 1 fully saturated rings. The zero-order valence-corrected chi connectivity index (χ0v) is 10.2. The number of rotatable bonds is 1. The third-order valence-corrected chi connectivity index (χ3v) is 3.33. The highest BCUT2D eigenvalue weighted by Gasteiger charge is 2.17. The molecule has 1 atom stereocenters. The van der Waals surface area contributed by atoms with Gasteiger partial charge in [0.25, 0.3) is 0 Å². The molecule has 2 aromatic rings. The summed E-state index contributed by atoms with van der Waals surface area (Å²) in [7, 11) is 0. The number of aromatic nitrogens is 2. The highest BCUT2D eigenvalue weighted by atomic mass is 16.5. The van der Waals surface area contributed by atoms with Crippen molar-refractivity contribution in [3.05, 3.63) is 24.0 Å². The Bertz CT molecular complexity index is 534. The molecule has 90 valence electrons. The van der Waals surface area contributed by atoms with Crippen molar-refractivity contribution in [2.45, 2.75) is 20.0 Å². The molecule has 4 heteroatoms. The first-order valence-electron chi connectivity index (χ1n) is 6.04. The molecule has 1 N–H and O–H groups in total. The molecule has 3 heterocycles. The van der Waals surface area contributed by atoms with Crippen molar-refractivity contribution in [2.24, 2.45) is 0 Å². The number of pyridine rings is 1. The van der Waals surface area contributed by atoms with Crippen LogP contribution in [0.4, 0.5) is 5.69 Å². The Morgan fingerprint density at radius 2 is 2.41 bits per heavy atom. The summed E-state index contributed by atoms with van der Waals surface area (Å²) in [5.41, 5.74) is 3.40. The summed E-state index contributed by atoms with van der Waals surface area (Å²) in [6, 6.07) is 2.21. The Labute approximate surface area is 101 Å². The van der Waals surface area contributed by atoms with Crippen molar-refractivity contribution in [2.75, 3.05) is 24.6 Å². The van der Waals surface area contributed by atoms with E-state index in [1.807, 2.05) is 12.4 Å². The van der Waals surface area contributed by atoms with Gasteiger partial charge in [-0.1, -0.05) is 0 Å². The van der Waals surface area contributed by atoms with E-state index in [0.29, 0.717) is 6.10 Å². The Kier molecular flexibility index (Phi) is 2.52. The van der Waals surface area contributed by atoms with Crippen LogP contribution in [0.2, 0.25) is 0 Å². The monoisotopic (exact) mass is 231 g/mol. The number of ether oxygens (including phenoxy) is 1. The maximum Gasteiger partial charge on any atom is 0.137 e. The number of nitrogens with zero attached hydrogens (tertiary/aromatic N) is 2. The van der Waals surface area contributed by atoms with Gasteiger partial charge in [0.2, 0.25) is 0 Å². The first-order valence-corrected chi connectivity index (χ1v) is 6.04. The topological polar surface area (TPSA) is 41.2 Å². The van der Waals surface area contributed by atoms with Crippen LogP contribution in [0.5, 0.6) is 0 Å². The van der Waals surface area contributed by atoms with Crippen molar-refractivity contribution in [1.82, 2.24) is 9.97 Å². The highest BCUT2D eigenvalue weighted by molar-refractivity contribution is 5.82. The highest BCUT2D eigenvalue weighted by Crippen LogP contribution is 2.23. The van der Waals surface area contributed by atoms with Crippen molar-refractivity contribution < 1.29 is 4.74 Å². The van der Waals surface area contributed by atoms with Crippen molar-refractivity contribution in [3.63, 3.8) is 0 Å². The number of nitrogens with one attached hydrogen (secondary N) is 1. The van der Waals surface area contributed by atoms with E-state index in [-0.39, 0.29) is 0 Å². The van der Waals surface area contributed by atoms with Crippen molar-refractivity contribution >= 4 is 16.7 Å². The quantitative estimate of drug-likeness (QED) is 0.817. The molecule has 1 aliphatic rings. The summed E-state index contributed by atoms with van der Waals surface area (Å²) in [6.07, 6.45) is 4.24. The molecule has 0 amide bonds. The van der Waals surface area contributed by atoms with E-state index in [1.54, 1.807) is 0 Å². The first kappa shape index (κ1) is 10.6. The molecule has 17 heavy (non-hydrogen) atoms. The molecule has 0 bridgehead atoms. The molecule has 3 rings (SSSR count). The molecular weight excluding hydrogens is 214 g/mol. The average Bonchev–Trinajstić information content (AvgIpc) is 2.71. The van der Waals surface area contributed by atoms with Crippen molar-refractivity contribution in [3.8, 4) is 0 Å². The SMILES string of the molecule is Cc1c[nH]c2ncc(N3CCOC(C)C3)cc12. The van der Waals surface area contributed by atoms with Gasteiger partial charge < -0.3 is 14.6 Å². The number of morpholine rings is 1. The summed E-state index contributed by atoms with van der Waals surface area (Å²) in [4.78, 5) is 9.98. The van der Waals surface area contributed by atoms with Crippen LogP contribution in [0.15, 0.2) is 18.5 Å². The smallest absolute Gasteiger partial charge is 0.137 e. The van der Waals surface area contributed by atoms with Gasteiger partial charge in [-0.25, -0.2) is 4.98 Å². The number of aryl methyl sites for hydroxylation is 1. The van der Waals surface area contributed by atoms with E-state index in [4.69, 9.17) is 4.74 Å². The molecule has 4 nitrogen and oxygen atoms in total. The van der Waals surface area contributed by atoms with E-state index in [2.05, 4.69) is 34.8 Å². The third kappa shape index (κ3) is 1.89. The van der Waals surface area contributed by atoms with Gasteiger partial charge in [-0.15, -0.1) is 0 Å². The number of hydrogen-bond acceptors (Lipinski definition) is 3. The summed E-state index contributed by atoms with van der Waals surface area (Å²) in [5, 5.41) is 1.21. The Hall–Kier alpha value is -1.55. The van der Waals surface area contributed by atoms with Gasteiger partial charge in [0, 0.05) is 24.7 Å². The number of aromatic amines is 1. The van der Waals surface area contributed by atoms with Crippen LogP contribution in [0.25, 0.3) is 11.0 Å². The van der Waals surface area contributed by atoms with Crippen LogP contribution in [0.1, 0.15) is 12.5 Å². The minimum absolute atomic E-state index is 0.298. The van der Waals surface area contributed by atoms with Gasteiger partial charge in [0.15, 0.2) is 0 Å². The van der Waals surface area contributed by atoms with Crippen LogP contribution >= 0.6 is 0 Å². The van der Waals surface area contributed by atoms with E-state index < -0.39 is 0 Å². The molecule has 0 aromatic carbocycles. The van der Waals surface area contributed by atoms with Gasteiger partial charge in [-0.2, -0.15) is 0 Å². The second-order valence-corrected chi connectivity index (χ2v) is 4.69. The van der Waals surface area contributed by atoms with Gasteiger partial charge in [-0.3, -0.25) is 0 Å². The summed E-state index contributed by atoms with van der Waals surface area (Å²) < 4.78 is 5.56. The van der Waals surface area contributed by atoms with Gasteiger partial charge in [0.1, 0.15) is 5.65 Å². The molecule has 0 spiro atoms. The third-order valence-electron chi connectivity index (χ3n) is 3.33. The summed E-state index contributed by atoms with van der Waals surface area (Å²) in [5.74, 6) is 0. The minimum atomic E-state index is 0.298. The lowest BCUT2D eigenvalue weighted by molar-refractivity contribution is 0.0532. The molecule has 0 aliphatic carbocycles. The molecule has 1 aliphatic heterocycles. The van der Waals surface area contributed by atoms with E-state index in [0.717, 1.165) is 25.3 Å². The molecule has 1 saturated heterocycles. The predicted octanol–water partition coefficient (Wildman–Crippen LogP) is 2.10. The fourth-order valence-corrected chi connectivity index (χ4v) is 2.35. The Morgan fingerprint density at radius 1 is 1.53 bits per heavy atom. The predicted molar refractivity (Wildman–Crippen MR) is 68.5 cm³/mol. The minimum Gasteiger partial charge on any atom is -0.375 e. The zero-order valence-electron chi connectivity index (χ0n) is 10.2. The lowest BCUT2D eigenvalue weighted by Gasteiger charge is -2.32. The molecule has 1 unspecified atom stereocenters. The zero-order chi connectivity index (χ0) is 11.8. The van der Waals surface area contributed by atoms with Crippen LogP contribution in [0, 0.1) is 6.92 Å². The maximum atomic E-state index is 5.56. The van der Waals surface area contributed by atoms with E-state index >= 15 is 0 Å². The standard InChI is InChI=1S/C13H17N3O/c1-9-6-14-13-12(9)5-11(7-15-13)16-3-4-17-10(2)8-16/h5-7,10H,3-4,8H2,1-2H3,(H,14,15). The number of H-pyrrole nitrogens is 1. The Balaban J connectivity index is 1.96. The number of fused-ring (bicyclic) bond motifs is 1. The molecule has 0 saturated carbocycles. The second kappa shape index (κ2) is 4.04. The number of anilines is 1. The van der Waals surface area contributed by atoms with Crippen LogP contribution in [-0.2, 0) is 4.74 Å². The molecular formula is C13H17N3O. The largest absolute Gasteiger partial charge is 0.375 e. The van der Waals surface area contributed by atoms with Gasteiger partial charge >= 0.3 is 0 Å². The summed E-state index contributed by atoms with van der Waals surface area (Å²) >= 11 is 0. The van der Waals surface area contributed by atoms with Crippen LogP contribution in [0.3, 0.4) is 0 Å². The summed E-state index contributed by atoms with van der Waals surface area (Å²) in [6.45, 7) is 6.90. The lowest BCUT2D eigenvalue weighted by Crippen LogP contribution is -2.41. The van der Waals surface area contributed by atoms with Gasteiger partial charge in [0.05, 0.1) is 24.6 Å². The fraction of sp³-hybridized carbons (Fsp3) is 0.462. The first-order chi connectivity index (χ1) is 8.24. The molecule has 2 aromatic heterocycles. The molecule has 0 radical (unpaired) electrons. The fourth-order valence-electron chi connectivity index (χ4n) is 2.35. The van der Waals surface area contributed by atoms with Gasteiger partial charge in [-0.05, 0) is 25.5 Å². The lowest BCUT2D eigenvalue weighted by atomic mass is 10.2. The number of hydrogen-bond donors (Lipinski definition) is 1. The van der Waals surface area contributed by atoms with Crippen LogP contribution < -0.4 is 4.90 Å². The Morgan fingerprint density at radius 3 is 3.24 bits per heavy atom. The van der Waals surface area contributed by atoms with Crippen LogP contribution in [-0.4, -0.2) is 35.8 Å². The van der Waals surface area contributed by atoms with E-state index in [1.165, 1.54) is 16.6 Å². The van der Waals surface area contributed by atoms with E-state index in [9.17, 15) is 0 Å². The second-order valence-electron chi connectivity index (χ2n) is 4.69.